The van der Waals surface area contributed by atoms with Crippen LogP contribution in [-0.4, -0.2) is 15.9 Å². The number of carbonyl (C=O) groups excluding carboxylic acids is 1. The minimum absolute atomic E-state index is 0.128. The lowest BCUT2D eigenvalue weighted by atomic mass is 10.3. The van der Waals surface area contributed by atoms with Crippen LogP contribution in [0.5, 0.6) is 0 Å². The van der Waals surface area contributed by atoms with Crippen molar-refractivity contribution < 1.29 is 13.4 Å². The van der Waals surface area contributed by atoms with Crippen molar-refractivity contribution in [1.82, 2.24) is 0 Å². The molecule has 1 atom stereocenters. The predicted octanol–water partition coefficient (Wildman–Crippen LogP) is 2.81. The Labute approximate surface area is 128 Å². The molecule has 0 aromatic heterocycles. The quantitative estimate of drug-likeness (QED) is 0.849. The van der Waals surface area contributed by atoms with Gasteiger partial charge in [0.2, 0.25) is 5.91 Å². The number of nitrogen functional groups attached to an aromatic ring is 1. The van der Waals surface area contributed by atoms with E-state index in [-0.39, 0.29) is 10.8 Å². The Balaban J connectivity index is 2.02. The molecule has 0 radical (unpaired) electrons. The molecule has 0 aliphatic heterocycles. The van der Waals surface area contributed by atoms with Gasteiger partial charge in [-0.25, -0.2) is 4.39 Å². The molecule has 110 valence electrons. The van der Waals surface area contributed by atoms with Gasteiger partial charge in [0, 0.05) is 16.3 Å². The van der Waals surface area contributed by atoms with Gasteiger partial charge in [0.1, 0.15) is 11.6 Å². The highest BCUT2D eigenvalue weighted by atomic mass is 35.5. The molecule has 2 aromatic rings. The number of anilines is 2. The van der Waals surface area contributed by atoms with Crippen molar-refractivity contribution in [3.8, 4) is 0 Å². The highest BCUT2D eigenvalue weighted by Crippen LogP contribution is 2.19. The van der Waals surface area contributed by atoms with Crippen LogP contribution in [-0.2, 0) is 15.6 Å². The van der Waals surface area contributed by atoms with Crippen LogP contribution >= 0.6 is 11.6 Å². The summed E-state index contributed by atoms with van der Waals surface area (Å²) in [6.45, 7) is 0. The summed E-state index contributed by atoms with van der Waals surface area (Å²) in [5, 5.41) is 2.46. The van der Waals surface area contributed by atoms with Crippen LogP contribution in [0.25, 0.3) is 0 Å². The molecule has 4 nitrogen and oxygen atoms in total. The van der Waals surface area contributed by atoms with Gasteiger partial charge in [-0.1, -0.05) is 17.7 Å². The molecule has 0 bridgehead atoms. The van der Waals surface area contributed by atoms with Crippen LogP contribution in [0.2, 0.25) is 5.02 Å². The molecule has 1 amide bonds. The number of hydrogen-bond acceptors (Lipinski definition) is 3. The smallest absolute Gasteiger partial charge is 0.237 e. The lowest BCUT2D eigenvalue weighted by molar-refractivity contribution is -0.113. The Kier molecular flexibility index (Phi) is 4.93. The SMILES string of the molecule is Nc1cccc(NC(=O)CS(=O)c2ccc(F)c(Cl)c2)c1. The first-order valence-electron chi connectivity index (χ1n) is 5.94. The average Bonchev–Trinajstić information content (AvgIpc) is 2.41. The second kappa shape index (κ2) is 6.69. The third kappa shape index (κ3) is 4.27. The molecule has 0 saturated carbocycles. The van der Waals surface area contributed by atoms with E-state index in [1.807, 2.05) is 0 Å². The first kappa shape index (κ1) is 15.5. The lowest BCUT2D eigenvalue weighted by Crippen LogP contribution is -2.19. The van der Waals surface area contributed by atoms with Gasteiger partial charge in [0.25, 0.3) is 0 Å². The van der Waals surface area contributed by atoms with Gasteiger partial charge in [-0.3, -0.25) is 9.00 Å². The number of halogens is 2. The number of amides is 1. The van der Waals surface area contributed by atoms with Gasteiger partial charge in [-0.15, -0.1) is 0 Å². The summed E-state index contributed by atoms with van der Waals surface area (Å²) in [6.07, 6.45) is 0. The van der Waals surface area contributed by atoms with E-state index < -0.39 is 22.5 Å². The third-order valence-corrected chi connectivity index (χ3v) is 4.18. The molecular formula is C14H12ClFN2O2S. The maximum absolute atomic E-state index is 13.0. The largest absolute Gasteiger partial charge is 0.399 e. The predicted molar refractivity (Wildman–Crippen MR) is 82.2 cm³/mol. The summed E-state index contributed by atoms with van der Waals surface area (Å²) >= 11 is 5.62. The van der Waals surface area contributed by atoms with Crippen LogP contribution in [0.3, 0.4) is 0 Å². The molecular weight excluding hydrogens is 315 g/mol. The first-order valence-corrected chi connectivity index (χ1v) is 7.64. The summed E-state index contributed by atoms with van der Waals surface area (Å²) in [5.41, 5.74) is 6.63. The third-order valence-electron chi connectivity index (χ3n) is 2.59. The van der Waals surface area contributed by atoms with E-state index in [0.717, 1.165) is 6.07 Å². The topological polar surface area (TPSA) is 72.2 Å². The maximum Gasteiger partial charge on any atom is 0.237 e. The lowest BCUT2D eigenvalue weighted by Gasteiger charge is -2.06. The number of carbonyl (C=O) groups is 1. The average molecular weight is 327 g/mol. The van der Waals surface area contributed by atoms with Crippen molar-refractivity contribution in [1.29, 1.82) is 0 Å². The van der Waals surface area contributed by atoms with Crippen LogP contribution < -0.4 is 11.1 Å². The summed E-state index contributed by atoms with van der Waals surface area (Å²) in [6, 6.07) is 10.4. The molecule has 0 aliphatic rings. The number of nitrogens with one attached hydrogen (secondary N) is 1. The number of nitrogens with two attached hydrogens (primary N) is 1. The molecule has 2 rings (SSSR count). The number of benzene rings is 2. The number of hydrogen-bond donors (Lipinski definition) is 2. The van der Waals surface area contributed by atoms with Gasteiger partial charge < -0.3 is 11.1 Å². The van der Waals surface area contributed by atoms with E-state index in [1.165, 1.54) is 12.1 Å². The Morgan fingerprint density at radius 2 is 2.05 bits per heavy atom. The zero-order valence-corrected chi connectivity index (χ0v) is 12.4. The van der Waals surface area contributed by atoms with E-state index in [0.29, 0.717) is 16.3 Å². The summed E-state index contributed by atoms with van der Waals surface area (Å²) < 4.78 is 25.0. The van der Waals surface area contributed by atoms with Crippen molar-refractivity contribution in [3.05, 3.63) is 53.3 Å². The maximum atomic E-state index is 13.0. The Bertz CT molecular complexity index is 709. The van der Waals surface area contributed by atoms with Crippen molar-refractivity contribution in [2.24, 2.45) is 0 Å². The van der Waals surface area contributed by atoms with Crippen LogP contribution in [0.15, 0.2) is 47.4 Å². The molecule has 0 fully saturated rings. The molecule has 2 aromatic carbocycles. The molecule has 21 heavy (non-hydrogen) atoms. The fraction of sp³-hybridized carbons (Fsp3) is 0.0714. The van der Waals surface area contributed by atoms with Crippen molar-refractivity contribution in [2.75, 3.05) is 16.8 Å². The summed E-state index contributed by atoms with van der Waals surface area (Å²) in [5.74, 6) is -1.28. The van der Waals surface area contributed by atoms with Crippen LogP contribution in [0.4, 0.5) is 15.8 Å². The van der Waals surface area contributed by atoms with Crippen molar-refractivity contribution in [3.63, 3.8) is 0 Å². The zero-order chi connectivity index (χ0) is 15.4. The van der Waals surface area contributed by atoms with E-state index in [2.05, 4.69) is 5.32 Å². The zero-order valence-electron chi connectivity index (χ0n) is 10.8. The molecule has 0 saturated heterocycles. The minimum atomic E-state index is -1.61. The van der Waals surface area contributed by atoms with E-state index >= 15 is 0 Å². The van der Waals surface area contributed by atoms with Gasteiger partial charge in [0.05, 0.1) is 15.8 Å². The molecule has 0 aliphatic carbocycles. The van der Waals surface area contributed by atoms with Gasteiger partial charge in [-0.05, 0) is 36.4 Å². The van der Waals surface area contributed by atoms with Gasteiger partial charge >= 0.3 is 0 Å². The Morgan fingerprint density at radius 1 is 1.29 bits per heavy atom. The second-order valence-corrected chi connectivity index (χ2v) is 6.10. The fourth-order valence-electron chi connectivity index (χ4n) is 1.63. The monoisotopic (exact) mass is 326 g/mol. The van der Waals surface area contributed by atoms with Crippen molar-refractivity contribution >= 4 is 39.7 Å². The van der Waals surface area contributed by atoms with E-state index in [4.69, 9.17) is 17.3 Å². The molecule has 0 heterocycles. The van der Waals surface area contributed by atoms with Crippen LogP contribution in [0, 0.1) is 5.82 Å². The van der Waals surface area contributed by atoms with E-state index in [1.54, 1.807) is 24.3 Å². The standard InChI is InChI=1S/C14H12ClFN2O2S/c15-12-7-11(4-5-13(12)16)21(20)8-14(19)18-10-3-1-2-9(17)6-10/h1-7H,8,17H2,(H,18,19). The van der Waals surface area contributed by atoms with Crippen molar-refractivity contribution in [2.45, 2.75) is 4.90 Å². The highest BCUT2D eigenvalue weighted by molar-refractivity contribution is 7.85. The normalized spacial score (nSPS) is 11.9. The molecule has 3 N–H and O–H groups in total. The highest BCUT2D eigenvalue weighted by Gasteiger charge is 2.12. The minimum Gasteiger partial charge on any atom is -0.399 e. The number of rotatable bonds is 4. The second-order valence-electron chi connectivity index (χ2n) is 4.24. The Hall–Kier alpha value is -1.92. The fourth-order valence-corrected chi connectivity index (χ4v) is 2.83. The summed E-state index contributed by atoms with van der Waals surface area (Å²) in [4.78, 5) is 12.1. The Morgan fingerprint density at radius 3 is 2.71 bits per heavy atom. The molecule has 1 unspecified atom stereocenters. The molecule has 7 heteroatoms. The molecule has 0 spiro atoms. The van der Waals surface area contributed by atoms with Gasteiger partial charge in [0.15, 0.2) is 0 Å². The van der Waals surface area contributed by atoms with Gasteiger partial charge in [-0.2, -0.15) is 0 Å². The summed E-state index contributed by atoms with van der Waals surface area (Å²) in [7, 11) is -1.61. The van der Waals surface area contributed by atoms with Crippen LogP contribution in [0.1, 0.15) is 0 Å². The van der Waals surface area contributed by atoms with E-state index in [9.17, 15) is 13.4 Å². The first-order chi connectivity index (χ1) is 9.95.